The van der Waals surface area contributed by atoms with E-state index in [-0.39, 0.29) is 21.2 Å². The summed E-state index contributed by atoms with van der Waals surface area (Å²) in [7, 11) is 1.31. The number of ketones is 1. The molecule has 3 rings (SSSR count). The highest BCUT2D eigenvalue weighted by atomic mass is 35.5. The molecule has 26 heavy (non-hydrogen) atoms. The van der Waals surface area contributed by atoms with Gasteiger partial charge in [0.1, 0.15) is 10.7 Å². The van der Waals surface area contributed by atoms with Crippen LogP contribution in [0.15, 0.2) is 36.4 Å². The SMILES string of the molecule is COc1ccc(C(=O)COC(=O)c2sc3cc(F)ccc3c2Cl)cc1F. The Morgan fingerprint density at radius 3 is 2.62 bits per heavy atom. The van der Waals surface area contributed by atoms with E-state index in [1.165, 1.54) is 37.4 Å². The Hall–Kier alpha value is -2.51. The monoisotopic (exact) mass is 396 g/mol. The molecule has 2 aromatic carbocycles. The van der Waals surface area contributed by atoms with Crippen LogP contribution in [-0.2, 0) is 4.74 Å². The fraction of sp³-hybridized carbons (Fsp3) is 0.111. The average Bonchev–Trinajstić information content (AvgIpc) is 2.95. The van der Waals surface area contributed by atoms with Gasteiger partial charge in [-0.25, -0.2) is 13.6 Å². The van der Waals surface area contributed by atoms with Crippen molar-refractivity contribution in [3.8, 4) is 5.75 Å². The van der Waals surface area contributed by atoms with Crippen LogP contribution >= 0.6 is 22.9 Å². The molecule has 1 aromatic heterocycles. The molecule has 8 heteroatoms. The number of hydrogen-bond acceptors (Lipinski definition) is 5. The van der Waals surface area contributed by atoms with Gasteiger partial charge in [-0.05, 0) is 36.4 Å². The Balaban J connectivity index is 1.73. The van der Waals surface area contributed by atoms with Crippen molar-refractivity contribution in [1.82, 2.24) is 0 Å². The summed E-state index contributed by atoms with van der Waals surface area (Å²) in [5.74, 6) is -2.53. The Morgan fingerprint density at radius 2 is 1.92 bits per heavy atom. The third-order valence-corrected chi connectivity index (χ3v) is 5.22. The molecule has 4 nitrogen and oxygen atoms in total. The molecule has 0 aliphatic rings. The third kappa shape index (κ3) is 3.54. The van der Waals surface area contributed by atoms with Gasteiger partial charge in [-0.3, -0.25) is 4.79 Å². The second-order valence-corrected chi connectivity index (χ2v) is 6.66. The minimum Gasteiger partial charge on any atom is -0.494 e. The van der Waals surface area contributed by atoms with Gasteiger partial charge in [0.2, 0.25) is 0 Å². The molecule has 0 amide bonds. The van der Waals surface area contributed by atoms with Gasteiger partial charge < -0.3 is 9.47 Å². The summed E-state index contributed by atoms with van der Waals surface area (Å²) in [5, 5.41) is 0.659. The fourth-order valence-electron chi connectivity index (χ4n) is 2.29. The summed E-state index contributed by atoms with van der Waals surface area (Å²) >= 11 is 7.10. The Kier molecular flexibility index (Phi) is 5.20. The van der Waals surface area contributed by atoms with Gasteiger partial charge in [0.15, 0.2) is 24.0 Å². The number of rotatable bonds is 5. The van der Waals surface area contributed by atoms with Crippen LogP contribution in [0, 0.1) is 11.6 Å². The molecular formula is C18H11ClF2O4S. The third-order valence-electron chi connectivity index (χ3n) is 3.59. The molecule has 0 spiro atoms. The maximum absolute atomic E-state index is 13.6. The zero-order valence-corrected chi connectivity index (χ0v) is 14.9. The second kappa shape index (κ2) is 7.39. The normalized spacial score (nSPS) is 10.8. The number of thiophene rings is 1. The first-order valence-electron chi connectivity index (χ1n) is 7.32. The van der Waals surface area contributed by atoms with Crippen molar-refractivity contribution < 1.29 is 27.8 Å². The lowest BCUT2D eigenvalue weighted by molar-refractivity contribution is 0.0480. The van der Waals surface area contributed by atoms with E-state index >= 15 is 0 Å². The summed E-state index contributed by atoms with van der Waals surface area (Å²) in [4.78, 5) is 24.3. The van der Waals surface area contributed by atoms with Crippen LogP contribution in [-0.4, -0.2) is 25.5 Å². The van der Waals surface area contributed by atoms with Gasteiger partial charge in [0.25, 0.3) is 0 Å². The summed E-state index contributed by atoms with van der Waals surface area (Å²) < 4.78 is 37.2. The number of ether oxygens (including phenoxy) is 2. The van der Waals surface area contributed by atoms with Crippen molar-refractivity contribution in [2.24, 2.45) is 0 Å². The topological polar surface area (TPSA) is 52.6 Å². The quantitative estimate of drug-likeness (QED) is 0.455. The highest BCUT2D eigenvalue weighted by Crippen LogP contribution is 2.36. The lowest BCUT2D eigenvalue weighted by atomic mass is 10.1. The minimum absolute atomic E-state index is 0.00262. The molecule has 1 heterocycles. The predicted octanol–water partition coefficient (Wildman–Crippen LogP) is 4.88. The van der Waals surface area contributed by atoms with Crippen molar-refractivity contribution in [3.63, 3.8) is 0 Å². The molecule has 0 N–H and O–H groups in total. The number of carbonyl (C=O) groups is 2. The average molecular weight is 397 g/mol. The number of Topliss-reactive ketones (excluding diaryl/α,β-unsaturated/α-hetero) is 1. The van der Waals surface area contributed by atoms with Crippen LogP contribution < -0.4 is 4.74 Å². The predicted molar refractivity (Wildman–Crippen MR) is 94.4 cm³/mol. The highest BCUT2D eigenvalue weighted by Gasteiger charge is 2.20. The van der Waals surface area contributed by atoms with E-state index in [1.54, 1.807) is 0 Å². The van der Waals surface area contributed by atoms with Crippen molar-refractivity contribution in [2.75, 3.05) is 13.7 Å². The van der Waals surface area contributed by atoms with Gasteiger partial charge in [-0.15, -0.1) is 11.3 Å². The Bertz CT molecular complexity index is 1020. The summed E-state index contributed by atoms with van der Waals surface area (Å²) in [5.41, 5.74) is 0.0422. The molecular weight excluding hydrogens is 386 g/mol. The van der Waals surface area contributed by atoms with Crippen molar-refractivity contribution >= 4 is 44.8 Å². The van der Waals surface area contributed by atoms with Crippen LogP contribution in [0.3, 0.4) is 0 Å². The fourth-order valence-corrected chi connectivity index (χ4v) is 3.72. The van der Waals surface area contributed by atoms with Crippen molar-refractivity contribution in [2.45, 2.75) is 0 Å². The molecule has 0 saturated carbocycles. The zero-order chi connectivity index (χ0) is 18.8. The van der Waals surface area contributed by atoms with Crippen LogP contribution in [0.4, 0.5) is 8.78 Å². The second-order valence-electron chi connectivity index (χ2n) is 5.23. The van der Waals surface area contributed by atoms with Crippen LogP contribution in [0.1, 0.15) is 20.0 Å². The Morgan fingerprint density at radius 1 is 1.15 bits per heavy atom. The highest BCUT2D eigenvalue weighted by molar-refractivity contribution is 7.21. The van der Waals surface area contributed by atoms with Gasteiger partial charge in [-0.2, -0.15) is 0 Å². The smallest absolute Gasteiger partial charge is 0.350 e. The summed E-state index contributed by atoms with van der Waals surface area (Å²) in [6.45, 7) is -0.580. The summed E-state index contributed by atoms with van der Waals surface area (Å²) in [6, 6.07) is 7.64. The van der Waals surface area contributed by atoms with E-state index in [2.05, 4.69) is 0 Å². The van der Waals surface area contributed by atoms with Crippen LogP contribution in [0.5, 0.6) is 5.75 Å². The van der Waals surface area contributed by atoms with Crippen LogP contribution in [0.2, 0.25) is 5.02 Å². The van der Waals surface area contributed by atoms with Crippen LogP contribution in [0.25, 0.3) is 10.1 Å². The van der Waals surface area contributed by atoms with E-state index < -0.39 is 30.0 Å². The number of fused-ring (bicyclic) bond motifs is 1. The van der Waals surface area contributed by atoms with E-state index in [0.29, 0.717) is 10.1 Å². The number of methoxy groups -OCH3 is 1. The molecule has 0 saturated heterocycles. The van der Waals surface area contributed by atoms with E-state index in [9.17, 15) is 18.4 Å². The number of carbonyl (C=O) groups excluding carboxylic acids is 2. The first-order chi connectivity index (χ1) is 12.4. The van der Waals surface area contributed by atoms with Gasteiger partial charge in [0.05, 0.1) is 12.1 Å². The lowest BCUT2D eigenvalue weighted by Crippen LogP contribution is -2.14. The largest absolute Gasteiger partial charge is 0.494 e. The zero-order valence-electron chi connectivity index (χ0n) is 13.3. The molecule has 134 valence electrons. The first-order valence-corrected chi connectivity index (χ1v) is 8.51. The molecule has 0 fully saturated rings. The Labute approximate surface area is 155 Å². The summed E-state index contributed by atoms with van der Waals surface area (Å²) in [6.07, 6.45) is 0. The van der Waals surface area contributed by atoms with E-state index in [0.717, 1.165) is 17.4 Å². The molecule has 0 bridgehead atoms. The molecule has 0 unspecified atom stereocenters. The maximum Gasteiger partial charge on any atom is 0.350 e. The van der Waals surface area contributed by atoms with E-state index in [4.69, 9.17) is 21.1 Å². The van der Waals surface area contributed by atoms with Crippen molar-refractivity contribution in [3.05, 3.63) is 63.5 Å². The molecule has 3 aromatic rings. The number of benzene rings is 2. The maximum atomic E-state index is 13.6. The number of esters is 1. The molecule has 0 atom stereocenters. The number of hydrogen-bond donors (Lipinski definition) is 0. The minimum atomic E-state index is -0.807. The first kappa shape index (κ1) is 18.3. The van der Waals surface area contributed by atoms with Gasteiger partial charge >= 0.3 is 5.97 Å². The van der Waals surface area contributed by atoms with Crippen molar-refractivity contribution in [1.29, 1.82) is 0 Å². The molecule has 0 aliphatic carbocycles. The van der Waals surface area contributed by atoms with Gasteiger partial charge in [0, 0.05) is 15.6 Å². The van der Waals surface area contributed by atoms with Gasteiger partial charge in [-0.1, -0.05) is 11.6 Å². The van der Waals surface area contributed by atoms with E-state index in [1.807, 2.05) is 0 Å². The lowest BCUT2D eigenvalue weighted by Gasteiger charge is -2.05. The molecule has 0 radical (unpaired) electrons. The number of halogens is 3. The standard InChI is InChI=1S/C18H11ClF2O4S/c1-24-14-5-2-9(6-12(14)21)13(22)8-25-18(23)17-16(19)11-4-3-10(20)7-15(11)26-17/h2-7H,8H2,1H3. The molecule has 0 aliphatic heterocycles.